The Bertz CT molecular complexity index is 457. The van der Waals surface area contributed by atoms with Gasteiger partial charge in [-0.25, -0.2) is 0 Å². The van der Waals surface area contributed by atoms with Gasteiger partial charge >= 0.3 is 0 Å². The molecule has 21 heavy (non-hydrogen) atoms. The number of hydrogen-bond acceptors (Lipinski definition) is 3. The minimum absolute atomic E-state index is 0.124. The van der Waals surface area contributed by atoms with Gasteiger partial charge in [0.05, 0.1) is 7.11 Å². The molecule has 0 unspecified atom stereocenters. The molecule has 0 saturated heterocycles. The smallest absolute Gasteiger partial charge is 0.251 e. The van der Waals surface area contributed by atoms with Crippen molar-refractivity contribution in [3.63, 3.8) is 0 Å². The summed E-state index contributed by atoms with van der Waals surface area (Å²) in [6, 6.07) is 6.96. The molecule has 116 valence electrons. The first-order chi connectivity index (χ1) is 10.2. The highest BCUT2D eigenvalue weighted by molar-refractivity contribution is 5.94. The van der Waals surface area contributed by atoms with Crippen LogP contribution in [0.5, 0.6) is 5.75 Å². The van der Waals surface area contributed by atoms with Crippen LogP contribution in [-0.4, -0.2) is 38.6 Å². The van der Waals surface area contributed by atoms with Gasteiger partial charge in [0.15, 0.2) is 5.96 Å². The number of methoxy groups -OCH3 is 1. The van der Waals surface area contributed by atoms with E-state index in [1.165, 1.54) is 0 Å². The normalized spacial score (nSPS) is 11.0. The Kier molecular flexibility index (Phi) is 7.71. The average molecular weight is 292 g/mol. The van der Waals surface area contributed by atoms with Crippen molar-refractivity contribution in [2.24, 2.45) is 10.7 Å². The second kappa shape index (κ2) is 9.63. The Labute approximate surface area is 125 Å². The molecule has 0 spiro atoms. The number of hydrogen-bond donors (Lipinski definition) is 3. The van der Waals surface area contributed by atoms with Crippen LogP contribution >= 0.6 is 0 Å². The van der Waals surface area contributed by atoms with Crippen LogP contribution in [0.3, 0.4) is 0 Å². The van der Waals surface area contributed by atoms with E-state index >= 15 is 0 Å². The lowest BCUT2D eigenvalue weighted by Gasteiger charge is -2.08. The fourth-order valence-electron chi connectivity index (χ4n) is 1.62. The number of ether oxygens (including phenoxy) is 1. The number of nitrogens with zero attached hydrogens (tertiary/aromatic N) is 1. The Hall–Kier alpha value is -2.24. The van der Waals surface area contributed by atoms with Crippen molar-refractivity contribution in [2.45, 2.75) is 19.8 Å². The van der Waals surface area contributed by atoms with Gasteiger partial charge < -0.3 is 21.1 Å². The second-order valence-electron chi connectivity index (χ2n) is 4.53. The zero-order valence-electron chi connectivity index (χ0n) is 12.7. The molecule has 1 aromatic rings. The second-order valence-corrected chi connectivity index (χ2v) is 4.53. The van der Waals surface area contributed by atoms with Gasteiger partial charge in [-0.15, -0.1) is 0 Å². The summed E-state index contributed by atoms with van der Waals surface area (Å²) < 4.78 is 5.05. The van der Waals surface area contributed by atoms with E-state index in [-0.39, 0.29) is 5.91 Å². The molecular formula is C15H24N4O2. The number of amides is 1. The predicted octanol–water partition coefficient (Wildman–Crippen LogP) is 1.13. The van der Waals surface area contributed by atoms with Crippen LogP contribution in [0.4, 0.5) is 0 Å². The largest absolute Gasteiger partial charge is 0.497 e. The summed E-state index contributed by atoms with van der Waals surface area (Å²) >= 11 is 0. The SMILES string of the molecule is CCCCN=C(N)NCCNC(=O)c1ccc(OC)cc1. The summed E-state index contributed by atoms with van der Waals surface area (Å²) in [7, 11) is 1.59. The number of nitrogens with one attached hydrogen (secondary N) is 2. The lowest BCUT2D eigenvalue weighted by molar-refractivity contribution is 0.0954. The highest BCUT2D eigenvalue weighted by atomic mass is 16.5. The molecule has 0 fully saturated rings. The molecule has 6 heteroatoms. The molecule has 0 aromatic heterocycles. The molecule has 0 aliphatic heterocycles. The molecule has 0 atom stereocenters. The van der Waals surface area contributed by atoms with Gasteiger partial charge in [0.2, 0.25) is 0 Å². The van der Waals surface area contributed by atoms with E-state index < -0.39 is 0 Å². The number of rotatable bonds is 8. The molecule has 6 nitrogen and oxygen atoms in total. The van der Waals surface area contributed by atoms with E-state index in [0.29, 0.717) is 24.6 Å². The van der Waals surface area contributed by atoms with Crippen LogP contribution in [0.25, 0.3) is 0 Å². The molecule has 1 amide bonds. The third-order valence-electron chi connectivity index (χ3n) is 2.86. The number of carbonyl (C=O) groups excluding carboxylic acids is 1. The summed E-state index contributed by atoms with van der Waals surface area (Å²) in [5.41, 5.74) is 6.28. The number of nitrogens with two attached hydrogens (primary N) is 1. The van der Waals surface area contributed by atoms with Crippen LogP contribution in [0.1, 0.15) is 30.1 Å². The van der Waals surface area contributed by atoms with Crippen molar-refractivity contribution in [1.82, 2.24) is 10.6 Å². The molecule has 0 saturated carbocycles. The third kappa shape index (κ3) is 6.65. The summed E-state index contributed by atoms with van der Waals surface area (Å²) in [5, 5.41) is 5.77. The number of guanidine groups is 1. The van der Waals surface area contributed by atoms with Crippen LogP contribution in [0.2, 0.25) is 0 Å². The lowest BCUT2D eigenvalue weighted by atomic mass is 10.2. The zero-order valence-corrected chi connectivity index (χ0v) is 12.7. The summed E-state index contributed by atoms with van der Waals surface area (Å²) in [4.78, 5) is 16.0. The molecule has 1 aromatic carbocycles. The topological polar surface area (TPSA) is 88.7 Å². The predicted molar refractivity (Wildman–Crippen MR) is 84.7 cm³/mol. The van der Waals surface area contributed by atoms with E-state index in [4.69, 9.17) is 10.5 Å². The maximum atomic E-state index is 11.9. The molecule has 1 rings (SSSR count). The van der Waals surface area contributed by atoms with Crippen molar-refractivity contribution < 1.29 is 9.53 Å². The first-order valence-corrected chi connectivity index (χ1v) is 7.13. The van der Waals surface area contributed by atoms with Crippen LogP contribution in [0.15, 0.2) is 29.3 Å². The molecule has 4 N–H and O–H groups in total. The number of benzene rings is 1. The van der Waals surface area contributed by atoms with Crippen molar-refractivity contribution in [2.75, 3.05) is 26.7 Å². The monoisotopic (exact) mass is 292 g/mol. The maximum Gasteiger partial charge on any atom is 0.251 e. The van der Waals surface area contributed by atoms with Crippen molar-refractivity contribution in [3.05, 3.63) is 29.8 Å². The van der Waals surface area contributed by atoms with Gasteiger partial charge in [0, 0.05) is 25.2 Å². The van der Waals surface area contributed by atoms with Crippen molar-refractivity contribution >= 4 is 11.9 Å². The van der Waals surface area contributed by atoms with E-state index in [2.05, 4.69) is 22.5 Å². The number of unbranched alkanes of at least 4 members (excludes halogenated alkanes) is 1. The molecule has 0 bridgehead atoms. The number of carbonyl (C=O) groups is 1. The van der Waals surface area contributed by atoms with Crippen LogP contribution < -0.4 is 21.1 Å². The van der Waals surface area contributed by atoms with E-state index in [9.17, 15) is 4.79 Å². The van der Waals surface area contributed by atoms with Crippen LogP contribution in [-0.2, 0) is 0 Å². The van der Waals surface area contributed by atoms with Gasteiger partial charge in [-0.05, 0) is 30.7 Å². The maximum absolute atomic E-state index is 11.9. The Morgan fingerprint density at radius 2 is 1.90 bits per heavy atom. The van der Waals surface area contributed by atoms with Gasteiger partial charge in [0.1, 0.15) is 5.75 Å². The molecule has 0 heterocycles. The van der Waals surface area contributed by atoms with Gasteiger partial charge in [-0.3, -0.25) is 9.79 Å². The van der Waals surface area contributed by atoms with Crippen molar-refractivity contribution in [3.8, 4) is 5.75 Å². The third-order valence-corrected chi connectivity index (χ3v) is 2.86. The first kappa shape index (κ1) is 16.8. The minimum atomic E-state index is -0.124. The Balaban J connectivity index is 2.25. The van der Waals surface area contributed by atoms with E-state index in [1.807, 2.05) is 0 Å². The summed E-state index contributed by atoms with van der Waals surface area (Å²) in [5.74, 6) is 1.02. The average Bonchev–Trinajstić information content (AvgIpc) is 2.51. The lowest BCUT2D eigenvalue weighted by Crippen LogP contribution is -2.38. The minimum Gasteiger partial charge on any atom is -0.497 e. The quantitative estimate of drug-likeness (QED) is 0.381. The Morgan fingerprint density at radius 3 is 2.52 bits per heavy atom. The first-order valence-electron chi connectivity index (χ1n) is 7.13. The van der Waals surface area contributed by atoms with E-state index in [1.54, 1.807) is 31.4 Å². The highest BCUT2D eigenvalue weighted by Gasteiger charge is 2.04. The van der Waals surface area contributed by atoms with Gasteiger partial charge in [0.25, 0.3) is 5.91 Å². The standard InChI is InChI=1S/C15H24N4O2/c1-3-4-9-18-15(16)19-11-10-17-14(20)12-5-7-13(21-2)8-6-12/h5-8H,3-4,9-11H2,1-2H3,(H,17,20)(H3,16,18,19). The number of aliphatic imine (C=N–C) groups is 1. The fraction of sp³-hybridized carbons (Fsp3) is 0.467. The highest BCUT2D eigenvalue weighted by Crippen LogP contribution is 2.10. The van der Waals surface area contributed by atoms with Gasteiger partial charge in [-0.2, -0.15) is 0 Å². The van der Waals surface area contributed by atoms with Crippen molar-refractivity contribution in [1.29, 1.82) is 0 Å². The molecule has 0 radical (unpaired) electrons. The molecule has 0 aliphatic rings. The Morgan fingerprint density at radius 1 is 1.24 bits per heavy atom. The van der Waals surface area contributed by atoms with Crippen LogP contribution in [0, 0.1) is 0 Å². The fourth-order valence-corrected chi connectivity index (χ4v) is 1.62. The molecular weight excluding hydrogens is 268 g/mol. The van der Waals surface area contributed by atoms with Gasteiger partial charge in [-0.1, -0.05) is 13.3 Å². The van der Waals surface area contributed by atoms with E-state index in [0.717, 1.165) is 25.1 Å². The molecule has 0 aliphatic carbocycles. The summed E-state index contributed by atoms with van der Waals surface area (Å²) in [6.07, 6.45) is 2.12. The zero-order chi connectivity index (χ0) is 15.5. The summed E-state index contributed by atoms with van der Waals surface area (Å²) in [6.45, 7) is 3.86.